The minimum atomic E-state index is 0.577. The SMILES string of the molecule is O/N=C/c1occ2ccccc12. The molecule has 0 radical (unpaired) electrons. The molecule has 1 aromatic heterocycles. The first-order valence-electron chi connectivity index (χ1n) is 3.55. The lowest BCUT2D eigenvalue weighted by Crippen LogP contribution is -1.75. The van der Waals surface area contributed by atoms with Crippen molar-refractivity contribution >= 4 is 17.0 Å². The maximum absolute atomic E-state index is 8.31. The lowest BCUT2D eigenvalue weighted by atomic mass is 10.2. The molecule has 0 atom stereocenters. The highest BCUT2D eigenvalue weighted by molar-refractivity contribution is 5.97. The van der Waals surface area contributed by atoms with Crippen LogP contribution in [0.1, 0.15) is 5.76 Å². The number of fused-ring (bicyclic) bond motifs is 1. The summed E-state index contributed by atoms with van der Waals surface area (Å²) in [7, 11) is 0. The molecule has 0 amide bonds. The average molecular weight is 161 g/mol. The fraction of sp³-hybridized carbons (Fsp3) is 0. The molecule has 2 rings (SSSR count). The summed E-state index contributed by atoms with van der Waals surface area (Å²) >= 11 is 0. The number of hydrogen-bond donors (Lipinski definition) is 1. The molecule has 0 aliphatic heterocycles. The second-order valence-corrected chi connectivity index (χ2v) is 2.43. The molecule has 2 aromatic rings. The van der Waals surface area contributed by atoms with Crippen LogP contribution in [0.15, 0.2) is 40.1 Å². The number of hydrogen-bond acceptors (Lipinski definition) is 3. The molecule has 0 bridgehead atoms. The van der Waals surface area contributed by atoms with Crippen LogP contribution < -0.4 is 0 Å². The Kier molecular flexibility index (Phi) is 1.55. The topological polar surface area (TPSA) is 45.7 Å². The first-order chi connectivity index (χ1) is 5.92. The van der Waals surface area contributed by atoms with Crippen molar-refractivity contribution in [1.29, 1.82) is 0 Å². The fourth-order valence-electron chi connectivity index (χ4n) is 1.17. The molecule has 0 saturated carbocycles. The van der Waals surface area contributed by atoms with Gasteiger partial charge >= 0.3 is 0 Å². The third-order valence-electron chi connectivity index (χ3n) is 1.71. The van der Waals surface area contributed by atoms with Gasteiger partial charge in [0.1, 0.15) is 6.21 Å². The molecule has 1 N–H and O–H groups in total. The van der Waals surface area contributed by atoms with Crippen molar-refractivity contribution in [2.24, 2.45) is 5.16 Å². The van der Waals surface area contributed by atoms with Crippen LogP contribution in [0.4, 0.5) is 0 Å². The minimum Gasteiger partial charge on any atom is -0.462 e. The molecule has 3 nitrogen and oxygen atoms in total. The predicted molar refractivity (Wildman–Crippen MR) is 45.6 cm³/mol. The van der Waals surface area contributed by atoms with E-state index in [0.717, 1.165) is 10.8 Å². The highest BCUT2D eigenvalue weighted by Gasteiger charge is 2.01. The Morgan fingerprint density at radius 3 is 3.00 bits per heavy atom. The van der Waals surface area contributed by atoms with E-state index in [1.807, 2.05) is 24.3 Å². The predicted octanol–water partition coefficient (Wildman–Crippen LogP) is 2.24. The number of nitrogens with zero attached hydrogens (tertiary/aromatic N) is 1. The van der Waals surface area contributed by atoms with Gasteiger partial charge in [-0.1, -0.05) is 29.4 Å². The summed E-state index contributed by atoms with van der Waals surface area (Å²) < 4.78 is 5.15. The summed E-state index contributed by atoms with van der Waals surface area (Å²) in [4.78, 5) is 0. The van der Waals surface area contributed by atoms with Gasteiger partial charge < -0.3 is 9.62 Å². The van der Waals surface area contributed by atoms with Crippen LogP contribution in [-0.2, 0) is 0 Å². The highest BCUT2D eigenvalue weighted by atomic mass is 16.4. The molecule has 0 aliphatic rings. The largest absolute Gasteiger partial charge is 0.462 e. The summed E-state index contributed by atoms with van der Waals surface area (Å²) in [6, 6.07) is 7.69. The molecule has 3 heteroatoms. The molecular formula is C9H7NO2. The molecule has 1 aromatic carbocycles. The molecule has 60 valence electrons. The van der Waals surface area contributed by atoms with Crippen LogP contribution in [0, 0.1) is 0 Å². The molecule has 12 heavy (non-hydrogen) atoms. The van der Waals surface area contributed by atoms with E-state index in [4.69, 9.17) is 9.62 Å². The Bertz CT molecular complexity index is 417. The van der Waals surface area contributed by atoms with Gasteiger partial charge in [0.05, 0.1) is 6.26 Å². The zero-order chi connectivity index (χ0) is 8.39. The van der Waals surface area contributed by atoms with Crippen molar-refractivity contribution in [3.63, 3.8) is 0 Å². The second-order valence-electron chi connectivity index (χ2n) is 2.43. The van der Waals surface area contributed by atoms with Crippen LogP contribution >= 0.6 is 0 Å². The van der Waals surface area contributed by atoms with E-state index in [0.29, 0.717) is 5.76 Å². The Morgan fingerprint density at radius 1 is 1.33 bits per heavy atom. The van der Waals surface area contributed by atoms with Gasteiger partial charge in [0.2, 0.25) is 0 Å². The number of oxime groups is 1. The summed E-state index contributed by atoms with van der Waals surface area (Å²) in [6.45, 7) is 0. The Morgan fingerprint density at radius 2 is 2.17 bits per heavy atom. The average Bonchev–Trinajstić information content (AvgIpc) is 2.50. The van der Waals surface area contributed by atoms with Crippen LogP contribution in [0.2, 0.25) is 0 Å². The maximum Gasteiger partial charge on any atom is 0.156 e. The zero-order valence-electron chi connectivity index (χ0n) is 6.27. The van der Waals surface area contributed by atoms with Gasteiger partial charge in [-0.2, -0.15) is 0 Å². The highest BCUT2D eigenvalue weighted by Crippen LogP contribution is 2.18. The summed E-state index contributed by atoms with van der Waals surface area (Å²) in [5, 5.41) is 13.2. The normalized spacial score (nSPS) is 11.3. The van der Waals surface area contributed by atoms with Crippen molar-refractivity contribution in [1.82, 2.24) is 0 Å². The maximum atomic E-state index is 8.31. The van der Waals surface area contributed by atoms with Crippen molar-refractivity contribution in [3.05, 3.63) is 36.3 Å². The van der Waals surface area contributed by atoms with E-state index in [2.05, 4.69) is 5.16 Å². The Hall–Kier alpha value is -1.77. The lowest BCUT2D eigenvalue weighted by molar-refractivity contribution is 0.321. The van der Waals surface area contributed by atoms with Crippen molar-refractivity contribution in [2.75, 3.05) is 0 Å². The lowest BCUT2D eigenvalue weighted by Gasteiger charge is -1.85. The molecule has 0 unspecified atom stereocenters. The third kappa shape index (κ3) is 0.955. The molecule has 0 fully saturated rings. The van der Waals surface area contributed by atoms with Gasteiger partial charge in [-0.3, -0.25) is 0 Å². The molecule has 0 saturated heterocycles. The first kappa shape index (κ1) is 6.91. The number of benzene rings is 1. The van der Waals surface area contributed by atoms with Crippen LogP contribution in [0.5, 0.6) is 0 Å². The Labute approximate surface area is 68.9 Å². The summed E-state index contributed by atoms with van der Waals surface area (Å²) in [5.41, 5.74) is 0. The van der Waals surface area contributed by atoms with E-state index in [-0.39, 0.29) is 0 Å². The molecule has 1 heterocycles. The van der Waals surface area contributed by atoms with Crippen molar-refractivity contribution in [2.45, 2.75) is 0 Å². The summed E-state index contributed by atoms with van der Waals surface area (Å²) in [6.07, 6.45) is 2.91. The number of furan rings is 1. The third-order valence-corrected chi connectivity index (χ3v) is 1.71. The smallest absolute Gasteiger partial charge is 0.156 e. The van der Waals surface area contributed by atoms with Crippen LogP contribution in [-0.4, -0.2) is 11.4 Å². The zero-order valence-corrected chi connectivity index (χ0v) is 6.27. The van der Waals surface area contributed by atoms with Gasteiger partial charge in [-0.05, 0) is 0 Å². The van der Waals surface area contributed by atoms with Gasteiger partial charge in [-0.25, -0.2) is 0 Å². The minimum absolute atomic E-state index is 0.577. The summed E-state index contributed by atoms with van der Waals surface area (Å²) in [5.74, 6) is 0.577. The van der Waals surface area contributed by atoms with E-state index in [1.165, 1.54) is 6.21 Å². The number of rotatable bonds is 1. The van der Waals surface area contributed by atoms with Crippen molar-refractivity contribution < 1.29 is 9.62 Å². The van der Waals surface area contributed by atoms with Crippen LogP contribution in [0.3, 0.4) is 0 Å². The quantitative estimate of drug-likeness (QED) is 0.396. The van der Waals surface area contributed by atoms with E-state index < -0.39 is 0 Å². The van der Waals surface area contributed by atoms with E-state index >= 15 is 0 Å². The van der Waals surface area contributed by atoms with Gasteiger partial charge in [-0.15, -0.1) is 0 Å². The van der Waals surface area contributed by atoms with Crippen LogP contribution in [0.25, 0.3) is 10.8 Å². The standard InChI is InChI=1S/C9H7NO2/c11-10-5-9-8-4-2-1-3-7(8)6-12-9/h1-6,11H/b10-5+. The van der Waals surface area contributed by atoms with Gasteiger partial charge in [0.15, 0.2) is 5.76 Å². The second kappa shape index (κ2) is 2.70. The van der Waals surface area contributed by atoms with E-state index in [9.17, 15) is 0 Å². The fourth-order valence-corrected chi connectivity index (χ4v) is 1.17. The van der Waals surface area contributed by atoms with E-state index in [1.54, 1.807) is 6.26 Å². The Balaban J connectivity index is 2.70. The van der Waals surface area contributed by atoms with Gasteiger partial charge in [0.25, 0.3) is 0 Å². The molecular weight excluding hydrogens is 154 g/mol. The first-order valence-corrected chi connectivity index (χ1v) is 3.55. The monoisotopic (exact) mass is 161 g/mol. The van der Waals surface area contributed by atoms with Gasteiger partial charge in [0, 0.05) is 10.8 Å². The molecule has 0 aliphatic carbocycles. The van der Waals surface area contributed by atoms with Crippen molar-refractivity contribution in [3.8, 4) is 0 Å². The molecule has 0 spiro atoms.